The maximum absolute atomic E-state index is 11.5. The molecule has 0 atom stereocenters. The molecule has 7 heteroatoms. The van der Waals surface area contributed by atoms with Gasteiger partial charge in [0.05, 0.1) is 18.1 Å². The fraction of sp³-hybridized carbons (Fsp3) is 0.429. The third-order valence-electron chi connectivity index (χ3n) is 2.05. The molecule has 1 aliphatic heterocycles. The van der Waals surface area contributed by atoms with Gasteiger partial charge in [-0.1, -0.05) is 0 Å². The van der Waals surface area contributed by atoms with E-state index in [-0.39, 0.29) is 11.7 Å². The van der Waals surface area contributed by atoms with E-state index in [0.29, 0.717) is 11.5 Å². The van der Waals surface area contributed by atoms with Crippen molar-refractivity contribution in [2.75, 3.05) is 12.0 Å². The number of hydrogen-bond donors (Lipinski definition) is 2. The zero-order chi connectivity index (χ0) is 10.3. The van der Waals surface area contributed by atoms with Crippen LogP contribution in [0.3, 0.4) is 0 Å². The molecule has 6 nitrogen and oxygen atoms in total. The maximum Gasteiger partial charge on any atom is 0.263 e. The molecule has 1 aromatic rings. The Labute approximate surface area is 81.8 Å². The lowest BCUT2D eigenvalue weighted by Gasteiger charge is -2.18. The lowest BCUT2D eigenvalue weighted by atomic mass is 10.3. The van der Waals surface area contributed by atoms with Crippen molar-refractivity contribution in [3.63, 3.8) is 0 Å². The number of fused-ring (bicyclic) bond motifs is 1. The van der Waals surface area contributed by atoms with Crippen LogP contribution in [0.4, 0.5) is 5.82 Å². The maximum atomic E-state index is 11.5. The Bertz CT molecular complexity index is 483. The third kappa shape index (κ3) is 1.34. The summed E-state index contributed by atoms with van der Waals surface area (Å²) in [5, 5.41) is 2.80. The minimum absolute atomic E-state index is 0.0214. The topological polar surface area (TPSA) is 84.0 Å². The van der Waals surface area contributed by atoms with Gasteiger partial charge in [-0.2, -0.15) is 4.72 Å². The van der Waals surface area contributed by atoms with Gasteiger partial charge in [-0.05, 0) is 13.8 Å². The summed E-state index contributed by atoms with van der Waals surface area (Å²) in [7, 11) is -3.47. The van der Waals surface area contributed by atoms with Crippen molar-refractivity contribution in [3.05, 3.63) is 11.4 Å². The van der Waals surface area contributed by atoms with Crippen LogP contribution in [0.1, 0.15) is 11.4 Å². The first kappa shape index (κ1) is 9.35. The molecule has 0 aliphatic carbocycles. The van der Waals surface area contributed by atoms with E-state index in [0.717, 1.165) is 5.69 Å². The molecule has 0 bridgehead atoms. The molecule has 0 aromatic carbocycles. The van der Waals surface area contributed by atoms with Gasteiger partial charge in [0.15, 0.2) is 5.82 Å². The van der Waals surface area contributed by atoms with E-state index in [2.05, 4.69) is 20.0 Å². The number of nitrogens with zero attached hydrogens (tertiary/aromatic N) is 2. The normalized spacial score (nSPS) is 18.4. The van der Waals surface area contributed by atoms with Gasteiger partial charge < -0.3 is 5.32 Å². The van der Waals surface area contributed by atoms with Crippen LogP contribution in [-0.2, 0) is 10.0 Å². The van der Waals surface area contributed by atoms with Crippen molar-refractivity contribution < 1.29 is 8.42 Å². The van der Waals surface area contributed by atoms with Crippen LogP contribution in [0.5, 0.6) is 0 Å². The van der Waals surface area contributed by atoms with Crippen molar-refractivity contribution in [2.45, 2.75) is 18.9 Å². The first-order valence-electron chi connectivity index (χ1n) is 4.09. The van der Waals surface area contributed by atoms with Crippen LogP contribution in [-0.4, -0.2) is 25.1 Å². The number of anilines is 1. The smallest absolute Gasteiger partial charge is 0.263 e. The van der Waals surface area contributed by atoms with Gasteiger partial charge in [0.1, 0.15) is 0 Å². The van der Waals surface area contributed by atoms with Crippen LogP contribution in [0.2, 0.25) is 0 Å². The minimum Gasteiger partial charge on any atom is -0.354 e. The SMILES string of the molecule is Cc1nc2c(nc1C)S(=O)(=O)NCN2. The number of aromatic nitrogens is 2. The molecule has 2 N–H and O–H groups in total. The highest BCUT2D eigenvalue weighted by Gasteiger charge is 2.26. The molecule has 2 rings (SSSR count). The molecule has 14 heavy (non-hydrogen) atoms. The van der Waals surface area contributed by atoms with E-state index in [1.54, 1.807) is 13.8 Å². The van der Waals surface area contributed by atoms with Gasteiger partial charge in [0.2, 0.25) is 5.03 Å². The summed E-state index contributed by atoms with van der Waals surface area (Å²) in [4.78, 5) is 8.11. The summed E-state index contributed by atoms with van der Waals surface area (Å²) in [5.74, 6) is 0.326. The third-order valence-corrected chi connectivity index (χ3v) is 3.37. The van der Waals surface area contributed by atoms with E-state index in [1.165, 1.54) is 0 Å². The van der Waals surface area contributed by atoms with Crippen molar-refractivity contribution >= 4 is 15.8 Å². The van der Waals surface area contributed by atoms with E-state index in [4.69, 9.17) is 0 Å². The summed E-state index contributed by atoms with van der Waals surface area (Å²) in [6.45, 7) is 3.68. The van der Waals surface area contributed by atoms with Gasteiger partial charge in [-0.25, -0.2) is 18.4 Å². The fourth-order valence-electron chi connectivity index (χ4n) is 1.17. The Hall–Kier alpha value is -1.21. The predicted octanol–water partition coefficient (Wildman–Crippen LogP) is -0.245. The fourth-order valence-corrected chi connectivity index (χ4v) is 2.20. The predicted molar refractivity (Wildman–Crippen MR) is 50.3 cm³/mol. The first-order chi connectivity index (χ1) is 6.50. The van der Waals surface area contributed by atoms with Gasteiger partial charge in [-0.3, -0.25) is 0 Å². The van der Waals surface area contributed by atoms with Crippen LogP contribution in [0.25, 0.3) is 0 Å². The molecule has 0 fully saturated rings. The zero-order valence-corrected chi connectivity index (χ0v) is 8.64. The molecule has 0 amide bonds. The number of rotatable bonds is 0. The van der Waals surface area contributed by atoms with Crippen molar-refractivity contribution in [1.82, 2.24) is 14.7 Å². The molecule has 0 unspecified atom stereocenters. The second-order valence-electron chi connectivity index (χ2n) is 3.05. The summed E-state index contributed by atoms with van der Waals surface area (Å²) in [5.41, 5.74) is 1.35. The van der Waals surface area contributed by atoms with E-state index in [9.17, 15) is 8.42 Å². The monoisotopic (exact) mass is 214 g/mol. The highest BCUT2D eigenvalue weighted by molar-refractivity contribution is 7.89. The van der Waals surface area contributed by atoms with Gasteiger partial charge in [0.25, 0.3) is 10.0 Å². The Morgan fingerprint density at radius 2 is 1.86 bits per heavy atom. The summed E-state index contributed by atoms with van der Waals surface area (Å²) >= 11 is 0. The Kier molecular flexibility index (Phi) is 1.93. The molecule has 0 radical (unpaired) electrons. The average molecular weight is 214 g/mol. The molecular weight excluding hydrogens is 204 g/mol. The highest BCUT2D eigenvalue weighted by atomic mass is 32.2. The lowest BCUT2D eigenvalue weighted by Crippen LogP contribution is -2.36. The average Bonchev–Trinajstić information content (AvgIpc) is 2.08. The standard InChI is InChI=1S/C7H10N4O2S/c1-4-5(2)11-7-6(10-4)8-3-9-14(7,12)13/h9H,3H2,1-2H3,(H,8,10). The quantitative estimate of drug-likeness (QED) is 0.622. The zero-order valence-electron chi connectivity index (χ0n) is 7.83. The van der Waals surface area contributed by atoms with Crippen molar-refractivity contribution in [1.29, 1.82) is 0 Å². The van der Waals surface area contributed by atoms with Crippen molar-refractivity contribution in [3.8, 4) is 0 Å². The van der Waals surface area contributed by atoms with Crippen LogP contribution >= 0.6 is 0 Å². The second kappa shape index (κ2) is 2.89. The molecule has 0 saturated heterocycles. The molecule has 0 spiro atoms. The second-order valence-corrected chi connectivity index (χ2v) is 4.73. The summed E-state index contributed by atoms with van der Waals surface area (Å²) < 4.78 is 25.3. The van der Waals surface area contributed by atoms with E-state index < -0.39 is 10.0 Å². The van der Waals surface area contributed by atoms with E-state index in [1.807, 2.05) is 0 Å². The lowest BCUT2D eigenvalue weighted by molar-refractivity contribution is 0.575. The van der Waals surface area contributed by atoms with Gasteiger partial charge in [0, 0.05) is 0 Å². The number of hydrogen-bond acceptors (Lipinski definition) is 5. The number of nitrogens with one attached hydrogen (secondary N) is 2. The largest absolute Gasteiger partial charge is 0.354 e. The Morgan fingerprint density at radius 1 is 1.21 bits per heavy atom. The number of sulfonamides is 1. The molecule has 1 aliphatic rings. The van der Waals surface area contributed by atoms with Gasteiger partial charge >= 0.3 is 0 Å². The molecular formula is C7H10N4O2S. The van der Waals surface area contributed by atoms with E-state index >= 15 is 0 Å². The summed E-state index contributed by atoms with van der Waals surface area (Å²) in [6, 6.07) is 0. The van der Waals surface area contributed by atoms with Crippen LogP contribution in [0, 0.1) is 13.8 Å². The minimum atomic E-state index is -3.47. The van der Waals surface area contributed by atoms with Crippen molar-refractivity contribution in [2.24, 2.45) is 0 Å². The first-order valence-corrected chi connectivity index (χ1v) is 5.58. The molecule has 1 aromatic heterocycles. The van der Waals surface area contributed by atoms with Crippen LogP contribution in [0.15, 0.2) is 5.03 Å². The summed E-state index contributed by atoms with van der Waals surface area (Å²) in [6.07, 6.45) is 0. The van der Waals surface area contributed by atoms with Gasteiger partial charge in [-0.15, -0.1) is 0 Å². The molecule has 76 valence electrons. The Morgan fingerprint density at radius 3 is 2.57 bits per heavy atom. The molecule has 2 heterocycles. The highest BCUT2D eigenvalue weighted by Crippen LogP contribution is 2.20. The van der Waals surface area contributed by atoms with Crippen LogP contribution < -0.4 is 10.0 Å². The number of aryl methyl sites for hydroxylation is 2. The molecule has 0 saturated carbocycles. The Balaban J connectivity index is 2.71.